The number of aromatic nitrogens is 2. The molecule has 2 aromatic carbocycles. The van der Waals surface area contributed by atoms with E-state index in [1.165, 1.54) is 37.4 Å². The van der Waals surface area contributed by atoms with Gasteiger partial charge in [0.25, 0.3) is 0 Å². The van der Waals surface area contributed by atoms with Gasteiger partial charge in [0, 0.05) is 22.8 Å². The van der Waals surface area contributed by atoms with Gasteiger partial charge in [-0.1, -0.05) is 18.2 Å². The smallest absolute Gasteiger partial charge is 0.434 e. The van der Waals surface area contributed by atoms with Crippen LogP contribution < -0.4 is 15.2 Å². The van der Waals surface area contributed by atoms with Gasteiger partial charge in [0.2, 0.25) is 5.95 Å². The second-order valence-corrected chi connectivity index (χ2v) is 5.96. The molecule has 1 aromatic heterocycles. The number of nitrogens with two attached hydrogens (primary N) is 1. The van der Waals surface area contributed by atoms with Crippen molar-refractivity contribution in [2.24, 2.45) is 0 Å². The van der Waals surface area contributed by atoms with Crippen molar-refractivity contribution >= 4 is 5.95 Å². The number of methoxy groups -OCH3 is 1. The zero-order valence-corrected chi connectivity index (χ0v) is 15.6. The Morgan fingerprint density at radius 3 is 2.41 bits per heavy atom. The Balaban J connectivity index is 2.37. The van der Waals surface area contributed by atoms with Gasteiger partial charge in [0.1, 0.15) is 17.2 Å². The summed E-state index contributed by atoms with van der Waals surface area (Å²) in [6.07, 6.45) is -4.82. The lowest BCUT2D eigenvalue weighted by molar-refractivity contribution is -0.140. The van der Waals surface area contributed by atoms with Crippen molar-refractivity contribution in [3.05, 3.63) is 48.2 Å². The molecular formula is C20H18F3N3O3. The van der Waals surface area contributed by atoms with E-state index < -0.39 is 17.8 Å². The molecule has 0 unspecified atom stereocenters. The molecule has 0 bridgehead atoms. The number of rotatable bonds is 5. The lowest BCUT2D eigenvalue weighted by Gasteiger charge is -2.19. The first-order valence-corrected chi connectivity index (χ1v) is 8.60. The molecule has 0 atom stereocenters. The van der Waals surface area contributed by atoms with E-state index in [0.717, 1.165) is 0 Å². The van der Waals surface area contributed by atoms with Gasteiger partial charge in [-0.3, -0.25) is 0 Å². The van der Waals surface area contributed by atoms with E-state index in [2.05, 4.69) is 9.97 Å². The van der Waals surface area contributed by atoms with Crippen molar-refractivity contribution in [1.82, 2.24) is 9.97 Å². The molecule has 0 saturated carbocycles. The Bertz CT molecular complexity index is 1040. The van der Waals surface area contributed by atoms with Crippen molar-refractivity contribution in [3.63, 3.8) is 0 Å². The van der Waals surface area contributed by atoms with Gasteiger partial charge in [-0.05, 0) is 25.1 Å². The van der Waals surface area contributed by atoms with E-state index in [1.807, 2.05) is 0 Å². The quantitative estimate of drug-likeness (QED) is 0.648. The molecule has 0 radical (unpaired) electrons. The Morgan fingerprint density at radius 1 is 1.07 bits per heavy atom. The average molecular weight is 405 g/mol. The fourth-order valence-corrected chi connectivity index (χ4v) is 2.95. The van der Waals surface area contributed by atoms with Crippen LogP contribution in [0.25, 0.3) is 22.4 Å². The molecule has 0 fully saturated rings. The number of aromatic hydroxyl groups is 1. The van der Waals surface area contributed by atoms with E-state index in [4.69, 9.17) is 15.2 Å². The monoisotopic (exact) mass is 405 g/mol. The normalized spacial score (nSPS) is 11.3. The van der Waals surface area contributed by atoms with Crippen LogP contribution in [0.4, 0.5) is 19.1 Å². The van der Waals surface area contributed by atoms with Gasteiger partial charge in [-0.25, -0.2) is 9.97 Å². The minimum Gasteiger partial charge on any atom is -0.507 e. The number of para-hydroxylation sites is 1. The molecule has 1 heterocycles. The number of phenols is 1. The third-order valence-corrected chi connectivity index (χ3v) is 4.11. The first kappa shape index (κ1) is 20.2. The molecule has 0 spiro atoms. The van der Waals surface area contributed by atoms with Crippen molar-refractivity contribution < 1.29 is 27.8 Å². The molecule has 0 aliphatic rings. The predicted octanol–water partition coefficient (Wildman–Crippen LogP) is 4.52. The Morgan fingerprint density at radius 2 is 1.79 bits per heavy atom. The Kier molecular flexibility index (Phi) is 5.49. The molecule has 0 aliphatic carbocycles. The van der Waals surface area contributed by atoms with Crippen molar-refractivity contribution in [2.75, 3.05) is 19.5 Å². The third-order valence-electron chi connectivity index (χ3n) is 4.11. The fourth-order valence-electron chi connectivity index (χ4n) is 2.95. The molecule has 6 nitrogen and oxygen atoms in total. The molecule has 3 aromatic rings. The van der Waals surface area contributed by atoms with Gasteiger partial charge in [-0.2, -0.15) is 13.2 Å². The van der Waals surface area contributed by atoms with E-state index in [-0.39, 0.29) is 33.9 Å². The second kappa shape index (κ2) is 7.86. The van der Waals surface area contributed by atoms with Crippen LogP contribution in [0.2, 0.25) is 0 Å². The topological polar surface area (TPSA) is 90.5 Å². The van der Waals surface area contributed by atoms with Crippen LogP contribution in [0.1, 0.15) is 12.6 Å². The summed E-state index contributed by atoms with van der Waals surface area (Å²) in [6.45, 7) is 2.13. The summed E-state index contributed by atoms with van der Waals surface area (Å²) in [5, 5.41) is 10.5. The number of halogens is 3. The van der Waals surface area contributed by atoms with Crippen LogP contribution in [0.15, 0.2) is 42.5 Å². The lowest BCUT2D eigenvalue weighted by atomic mass is 9.96. The maximum Gasteiger partial charge on any atom is 0.434 e. The van der Waals surface area contributed by atoms with Gasteiger partial charge >= 0.3 is 6.18 Å². The number of nitrogen functional groups attached to an aromatic ring is 1. The number of nitrogens with zero attached hydrogens (tertiary/aromatic N) is 2. The van der Waals surface area contributed by atoms with E-state index in [9.17, 15) is 18.3 Å². The number of anilines is 1. The summed E-state index contributed by atoms with van der Waals surface area (Å²) in [5.41, 5.74) is 4.01. The molecule has 0 amide bonds. The number of phenolic OH excluding ortho intramolecular Hbond substituents is 1. The number of benzene rings is 2. The maximum absolute atomic E-state index is 13.8. The van der Waals surface area contributed by atoms with Gasteiger partial charge in [0.15, 0.2) is 5.69 Å². The molecule has 29 heavy (non-hydrogen) atoms. The Hall–Kier alpha value is -3.49. The summed E-state index contributed by atoms with van der Waals surface area (Å²) in [5.74, 6) is -0.318. The summed E-state index contributed by atoms with van der Waals surface area (Å²) < 4.78 is 52.1. The maximum atomic E-state index is 13.8. The number of alkyl halides is 3. The van der Waals surface area contributed by atoms with Crippen LogP contribution >= 0.6 is 0 Å². The van der Waals surface area contributed by atoms with E-state index in [0.29, 0.717) is 12.4 Å². The largest absolute Gasteiger partial charge is 0.507 e. The number of hydrogen-bond acceptors (Lipinski definition) is 6. The van der Waals surface area contributed by atoms with Gasteiger partial charge in [0.05, 0.1) is 19.4 Å². The zero-order chi connectivity index (χ0) is 21.2. The molecule has 3 rings (SSSR count). The fraction of sp³-hybridized carbons (Fsp3) is 0.200. The average Bonchev–Trinajstić information content (AvgIpc) is 2.67. The van der Waals surface area contributed by atoms with Crippen LogP contribution in [-0.4, -0.2) is 28.8 Å². The molecule has 3 N–H and O–H groups in total. The third kappa shape index (κ3) is 4.03. The zero-order valence-electron chi connectivity index (χ0n) is 15.6. The summed E-state index contributed by atoms with van der Waals surface area (Å²) in [4.78, 5) is 7.45. The number of hydrogen-bond donors (Lipinski definition) is 2. The van der Waals surface area contributed by atoms with Crippen LogP contribution in [0, 0.1) is 0 Å². The highest BCUT2D eigenvalue weighted by molar-refractivity contribution is 5.88. The molecule has 0 aliphatic heterocycles. The van der Waals surface area contributed by atoms with Gasteiger partial charge in [-0.15, -0.1) is 0 Å². The van der Waals surface area contributed by atoms with Crippen LogP contribution in [0.3, 0.4) is 0 Å². The van der Waals surface area contributed by atoms with Crippen LogP contribution in [-0.2, 0) is 6.18 Å². The highest BCUT2D eigenvalue weighted by Crippen LogP contribution is 2.46. The molecule has 152 valence electrons. The first-order valence-electron chi connectivity index (χ1n) is 8.60. The molecule has 9 heteroatoms. The standard InChI is InChI=1S/C20H18F3N3O3/c1-3-29-11-8-9-12(14(27)10-11)17-16(13-6-4-5-7-15(13)28-2)18(20(21,22)23)26-19(24)25-17/h4-10,27H,3H2,1-2H3,(H2,24,25,26). The minimum atomic E-state index is -4.82. The second-order valence-electron chi connectivity index (χ2n) is 5.96. The number of ether oxygens (including phenoxy) is 2. The summed E-state index contributed by atoms with van der Waals surface area (Å²) in [6, 6.07) is 10.4. The molecular weight excluding hydrogens is 387 g/mol. The summed E-state index contributed by atoms with van der Waals surface area (Å²) in [7, 11) is 1.35. The molecule has 0 saturated heterocycles. The minimum absolute atomic E-state index is 0.0500. The van der Waals surface area contributed by atoms with Crippen molar-refractivity contribution in [2.45, 2.75) is 13.1 Å². The first-order chi connectivity index (χ1) is 13.8. The SMILES string of the molecule is CCOc1ccc(-c2nc(N)nc(C(F)(F)F)c2-c2ccccc2OC)c(O)c1. The van der Waals surface area contributed by atoms with Crippen LogP contribution in [0.5, 0.6) is 17.2 Å². The summed E-state index contributed by atoms with van der Waals surface area (Å²) >= 11 is 0. The highest BCUT2D eigenvalue weighted by atomic mass is 19.4. The highest BCUT2D eigenvalue weighted by Gasteiger charge is 2.39. The van der Waals surface area contributed by atoms with Crippen molar-refractivity contribution in [1.29, 1.82) is 0 Å². The van der Waals surface area contributed by atoms with Gasteiger partial charge < -0.3 is 20.3 Å². The Labute approximate surface area is 164 Å². The lowest BCUT2D eigenvalue weighted by Crippen LogP contribution is -2.14. The predicted molar refractivity (Wildman–Crippen MR) is 102 cm³/mol. The van der Waals surface area contributed by atoms with Crippen molar-refractivity contribution in [3.8, 4) is 39.6 Å². The van der Waals surface area contributed by atoms with E-state index in [1.54, 1.807) is 19.1 Å². The van der Waals surface area contributed by atoms with E-state index >= 15 is 0 Å².